The Balaban J connectivity index is 2.63. The minimum atomic E-state index is -0.0832. The number of hydrogen-bond acceptors (Lipinski definition) is 3. The van der Waals surface area contributed by atoms with Crippen molar-refractivity contribution in [2.75, 3.05) is 18.5 Å². The summed E-state index contributed by atoms with van der Waals surface area (Å²) in [6.45, 7) is 2.73. The Bertz CT molecular complexity index is 384. The highest BCUT2D eigenvalue weighted by Gasteiger charge is 2.08. The molecule has 0 bridgehead atoms. The highest BCUT2D eigenvalue weighted by atomic mass is 79.9. The van der Waals surface area contributed by atoms with Crippen LogP contribution in [0.3, 0.4) is 0 Å². The van der Waals surface area contributed by atoms with Crippen LogP contribution in [-0.2, 0) is 0 Å². The molecule has 0 saturated carbocycles. The van der Waals surface area contributed by atoms with E-state index in [2.05, 4.69) is 28.2 Å². The van der Waals surface area contributed by atoms with Crippen LogP contribution in [0, 0.1) is 0 Å². The van der Waals surface area contributed by atoms with Gasteiger partial charge in [-0.15, -0.1) is 0 Å². The van der Waals surface area contributed by atoms with Crippen molar-refractivity contribution in [1.82, 2.24) is 5.32 Å². The molecule has 0 aliphatic heterocycles. The van der Waals surface area contributed by atoms with Crippen molar-refractivity contribution in [3.63, 3.8) is 0 Å². The van der Waals surface area contributed by atoms with E-state index in [1.807, 2.05) is 6.26 Å². The predicted molar refractivity (Wildman–Crippen MR) is 73.9 cm³/mol. The van der Waals surface area contributed by atoms with Crippen LogP contribution in [0.25, 0.3) is 0 Å². The number of nitrogens with two attached hydrogens (primary N) is 1. The van der Waals surface area contributed by atoms with Crippen LogP contribution in [0.5, 0.6) is 0 Å². The van der Waals surface area contributed by atoms with Crippen molar-refractivity contribution in [2.24, 2.45) is 0 Å². The molecule has 1 aromatic carbocycles. The number of benzene rings is 1. The molecule has 3 nitrogen and oxygen atoms in total. The van der Waals surface area contributed by atoms with Gasteiger partial charge in [0.2, 0.25) is 0 Å². The fourth-order valence-corrected chi connectivity index (χ4v) is 1.60. The van der Waals surface area contributed by atoms with E-state index >= 15 is 0 Å². The van der Waals surface area contributed by atoms with Crippen molar-refractivity contribution in [3.05, 3.63) is 28.2 Å². The molecule has 1 aromatic rings. The summed E-state index contributed by atoms with van der Waals surface area (Å²) < 4.78 is 0.807. The van der Waals surface area contributed by atoms with Crippen LogP contribution in [0.2, 0.25) is 0 Å². The number of hydrogen-bond donors (Lipinski definition) is 2. The molecule has 88 valence electrons. The van der Waals surface area contributed by atoms with E-state index in [0.717, 1.165) is 4.47 Å². The molecule has 3 N–H and O–H groups in total. The first-order valence-corrected chi connectivity index (χ1v) is 6.98. The average molecular weight is 303 g/mol. The van der Waals surface area contributed by atoms with E-state index in [1.165, 1.54) is 0 Å². The Labute approximate surface area is 108 Å². The van der Waals surface area contributed by atoms with Crippen molar-refractivity contribution < 1.29 is 4.79 Å². The van der Waals surface area contributed by atoms with E-state index in [4.69, 9.17) is 5.73 Å². The first-order valence-electron chi connectivity index (χ1n) is 4.90. The molecular formula is C11H15BrN2OS. The SMILES string of the molecule is CSC(C)CNC(=O)c1ccc(Br)c(N)c1. The minimum absolute atomic E-state index is 0.0832. The van der Waals surface area contributed by atoms with E-state index < -0.39 is 0 Å². The molecule has 5 heteroatoms. The van der Waals surface area contributed by atoms with Crippen LogP contribution in [0.4, 0.5) is 5.69 Å². The zero-order chi connectivity index (χ0) is 12.1. The van der Waals surface area contributed by atoms with Crippen molar-refractivity contribution in [1.29, 1.82) is 0 Å². The van der Waals surface area contributed by atoms with Gasteiger partial charge < -0.3 is 11.1 Å². The molecule has 1 atom stereocenters. The number of carbonyl (C=O) groups is 1. The molecule has 1 unspecified atom stereocenters. The molecule has 1 rings (SSSR count). The predicted octanol–water partition coefficient (Wildman–Crippen LogP) is 2.51. The Hall–Kier alpha value is -0.680. The van der Waals surface area contributed by atoms with E-state index in [9.17, 15) is 4.79 Å². The third kappa shape index (κ3) is 3.72. The van der Waals surface area contributed by atoms with Gasteiger partial charge in [-0.3, -0.25) is 4.79 Å². The maximum atomic E-state index is 11.7. The highest BCUT2D eigenvalue weighted by molar-refractivity contribution is 9.10. The zero-order valence-corrected chi connectivity index (χ0v) is 11.7. The van der Waals surface area contributed by atoms with Gasteiger partial charge in [-0.25, -0.2) is 0 Å². The first-order chi connectivity index (χ1) is 7.54. The van der Waals surface area contributed by atoms with Crippen molar-refractivity contribution in [2.45, 2.75) is 12.2 Å². The van der Waals surface area contributed by atoms with Gasteiger partial charge in [0, 0.05) is 27.5 Å². The third-order valence-electron chi connectivity index (χ3n) is 2.21. The van der Waals surface area contributed by atoms with Gasteiger partial charge in [-0.2, -0.15) is 11.8 Å². The molecule has 1 amide bonds. The van der Waals surface area contributed by atoms with E-state index in [0.29, 0.717) is 23.0 Å². The summed E-state index contributed by atoms with van der Waals surface area (Å²) in [6, 6.07) is 5.20. The average Bonchev–Trinajstić information content (AvgIpc) is 2.29. The van der Waals surface area contributed by atoms with Gasteiger partial charge in [0.15, 0.2) is 0 Å². The van der Waals surface area contributed by atoms with Gasteiger partial charge in [0.05, 0.1) is 0 Å². The largest absolute Gasteiger partial charge is 0.398 e. The molecule has 0 radical (unpaired) electrons. The van der Waals surface area contributed by atoms with Gasteiger partial charge >= 0.3 is 0 Å². The summed E-state index contributed by atoms with van der Waals surface area (Å²) in [7, 11) is 0. The summed E-state index contributed by atoms with van der Waals surface area (Å²) in [6.07, 6.45) is 2.02. The van der Waals surface area contributed by atoms with Crippen molar-refractivity contribution in [3.8, 4) is 0 Å². The zero-order valence-electron chi connectivity index (χ0n) is 9.29. The molecule has 0 saturated heterocycles. The smallest absolute Gasteiger partial charge is 0.251 e. The Kier molecular flexibility index (Phi) is 5.15. The Morgan fingerprint density at radius 1 is 1.62 bits per heavy atom. The molecular weight excluding hydrogens is 288 g/mol. The lowest BCUT2D eigenvalue weighted by molar-refractivity contribution is 0.0954. The quantitative estimate of drug-likeness (QED) is 0.840. The Morgan fingerprint density at radius 3 is 2.88 bits per heavy atom. The molecule has 0 aliphatic rings. The van der Waals surface area contributed by atoms with Crippen LogP contribution in [-0.4, -0.2) is 24.0 Å². The molecule has 0 fully saturated rings. The number of amides is 1. The maximum Gasteiger partial charge on any atom is 0.251 e. The van der Waals surface area contributed by atoms with Gasteiger partial charge in [-0.05, 0) is 40.4 Å². The standard InChI is InChI=1S/C11H15BrN2OS/c1-7(16-2)6-14-11(15)8-3-4-9(12)10(13)5-8/h3-5,7H,6,13H2,1-2H3,(H,14,15). The molecule has 0 aliphatic carbocycles. The van der Waals surface area contributed by atoms with Gasteiger partial charge in [0.1, 0.15) is 0 Å². The summed E-state index contributed by atoms with van der Waals surface area (Å²) in [5, 5.41) is 3.28. The monoisotopic (exact) mass is 302 g/mol. The van der Waals surface area contributed by atoms with Crippen LogP contribution in [0.1, 0.15) is 17.3 Å². The second-order valence-electron chi connectivity index (χ2n) is 3.49. The van der Waals surface area contributed by atoms with E-state index in [-0.39, 0.29) is 5.91 Å². The summed E-state index contributed by atoms with van der Waals surface area (Å²) in [5.74, 6) is -0.0832. The second-order valence-corrected chi connectivity index (χ2v) is 5.62. The number of halogens is 1. The molecule has 0 spiro atoms. The highest BCUT2D eigenvalue weighted by Crippen LogP contribution is 2.20. The first kappa shape index (κ1) is 13.4. The fourth-order valence-electron chi connectivity index (χ4n) is 1.11. The van der Waals surface area contributed by atoms with Gasteiger partial charge in [0.25, 0.3) is 5.91 Å². The Morgan fingerprint density at radius 2 is 2.31 bits per heavy atom. The van der Waals surface area contributed by atoms with Gasteiger partial charge in [-0.1, -0.05) is 6.92 Å². The topological polar surface area (TPSA) is 55.1 Å². The lowest BCUT2D eigenvalue weighted by atomic mass is 10.2. The second kappa shape index (κ2) is 6.15. The lowest BCUT2D eigenvalue weighted by Gasteiger charge is -2.10. The number of anilines is 1. The summed E-state index contributed by atoms with van der Waals surface area (Å²) in [4.78, 5) is 11.7. The summed E-state index contributed by atoms with van der Waals surface area (Å²) >= 11 is 5.01. The fraction of sp³-hybridized carbons (Fsp3) is 0.364. The molecule has 0 aromatic heterocycles. The minimum Gasteiger partial charge on any atom is -0.398 e. The third-order valence-corrected chi connectivity index (χ3v) is 3.90. The van der Waals surface area contributed by atoms with Crippen LogP contribution < -0.4 is 11.1 Å². The molecule has 16 heavy (non-hydrogen) atoms. The number of carbonyl (C=O) groups excluding carboxylic acids is 1. The molecule has 0 heterocycles. The van der Waals surface area contributed by atoms with Crippen LogP contribution >= 0.6 is 27.7 Å². The number of nitrogen functional groups attached to an aromatic ring is 1. The summed E-state index contributed by atoms with van der Waals surface area (Å²) in [5.41, 5.74) is 6.88. The maximum absolute atomic E-state index is 11.7. The van der Waals surface area contributed by atoms with Crippen molar-refractivity contribution >= 4 is 39.3 Å². The lowest BCUT2D eigenvalue weighted by Crippen LogP contribution is -2.29. The normalized spacial score (nSPS) is 12.2. The number of rotatable bonds is 4. The number of thioether (sulfide) groups is 1. The number of nitrogens with one attached hydrogen (secondary N) is 1. The van der Waals surface area contributed by atoms with E-state index in [1.54, 1.807) is 30.0 Å². The van der Waals surface area contributed by atoms with Crippen LogP contribution in [0.15, 0.2) is 22.7 Å².